The van der Waals surface area contributed by atoms with Crippen molar-refractivity contribution in [1.29, 1.82) is 0 Å². The smallest absolute Gasteiger partial charge is 0.0371 e. The van der Waals surface area contributed by atoms with Crippen molar-refractivity contribution in [2.45, 2.75) is 231 Å². The van der Waals surface area contributed by atoms with Gasteiger partial charge in [-0.05, 0) is 12.1 Å². The minimum Gasteiger partial charge on any atom is -0.469 e. The number of unbranched alkanes of at least 4 members (excludes halogenated alkanes) is 28. The van der Waals surface area contributed by atoms with Gasteiger partial charge in [0.25, 0.3) is 0 Å². The van der Waals surface area contributed by atoms with Crippen molar-refractivity contribution in [2.75, 3.05) is 0 Å². The third kappa shape index (κ3) is 24.9. The van der Waals surface area contributed by atoms with Gasteiger partial charge in [-0.25, -0.2) is 0 Å². The first-order valence-corrected chi connectivity index (χ1v) is 18.6. The van der Waals surface area contributed by atoms with E-state index >= 15 is 0 Å². The topological polar surface area (TPSA) is 26.5 Å². The molecule has 0 saturated carbocycles. The summed E-state index contributed by atoms with van der Waals surface area (Å²) < 4.78 is 0. The monoisotopic (exact) mass is 546 g/mol. The molecule has 0 spiro atoms. The third-order valence-electron chi connectivity index (χ3n) is 9.17. The van der Waals surface area contributed by atoms with Crippen LogP contribution in [-0.4, -0.2) is 18.4 Å². The Kier molecular flexibility index (Phi) is 28.5. The Morgan fingerprint density at radius 2 is 0.667 bits per heavy atom. The normalized spacial score (nSPS) is 16.8. The summed E-state index contributed by atoms with van der Waals surface area (Å²) in [7, 11) is 0. The summed E-state index contributed by atoms with van der Waals surface area (Å²) in [5.41, 5.74) is 0. The van der Waals surface area contributed by atoms with Crippen LogP contribution >= 0.6 is 0 Å². The van der Waals surface area contributed by atoms with Crippen molar-refractivity contribution >= 4 is 6.34 Å². The molecule has 0 fully saturated rings. The third-order valence-corrected chi connectivity index (χ3v) is 9.17. The number of nitrogens with zero attached hydrogens (tertiary/aromatic N) is 2. The van der Waals surface area contributed by atoms with E-state index in [1.165, 1.54) is 205 Å². The van der Waals surface area contributed by atoms with Crippen LogP contribution in [0.2, 0.25) is 0 Å². The van der Waals surface area contributed by atoms with Gasteiger partial charge in [0.05, 0.1) is 0 Å². The Labute approximate surface area is 247 Å². The van der Waals surface area contributed by atoms with Gasteiger partial charge in [0.15, 0.2) is 0 Å². The number of aliphatic imine (C=N–C) groups is 1. The number of rotatable bonds is 32. The molecular weight excluding hydrogens is 472 g/mol. The van der Waals surface area contributed by atoms with Gasteiger partial charge in [0, 0.05) is 0 Å². The Hall–Kier alpha value is -0.530. The maximum absolute atomic E-state index is 4.72. The van der Waals surface area contributed by atoms with Gasteiger partial charge < -0.3 is 10.3 Å². The van der Waals surface area contributed by atoms with Gasteiger partial charge >= 0.3 is 0 Å². The first-order valence-electron chi connectivity index (χ1n) is 18.6. The molecule has 2 atom stereocenters. The van der Waals surface area contributed by atoms with E-state index < -0.39 is 0 Å². The molecule has 1 aliphatic heterocycles. The van der Waals surface area contributed by atoms with Crippen LogP contribution in [0.3, 0.4) is 0 Å². The standard InChI is InChI=1S/C37H73N2/c1-3-5-7-9-11-13-15-17-19-21-23-25-27-29-31-33-36-37(39-35-38-36)34-32-30-28-26-24-22-20-18-16-14-12-10-8-6-4-2/h35-37H,3-34H2,1-2H3/q-1. The predicted molar refractivity (Wildman–Crippen MR) is 179 cm³/mol. The lowest BCUT2D eigenvalue weighted by Crippen LogP contribution is -2.19. The molecule has 1 rings (SSSR count). The maximum atomic E-state index is 4.72. The summed E-state index contributed by atoms with van der Waals surface area (Å²) >= 11 is 0. The van der Waals surface area contributed by atoms with E-state index in [2.05, 4.69) is 13.8 Å². The molecular formula is C37H73N2-. The minimum absolute atomic E-state index is 0.499. The highest BCUT2D eigenvalue weighted by Gasteiger charge is 2.14. The summed E-state index contributed by atoms with van der Waals surface area (Å²) in [5.74, 6) is 0. The molecule has 0 saturated heterocycles. The summed E-state index contributed by atoms with van der Waals surface area (Å²) in [4.78, 5) is 4.72. The second-order valence-corrected chi connectivity index (χ2v) is 13.0. The Balaban J connectivity index is 1.80. The molecule has 0 aromatic heterocycles. The van der Waals surface area contributed by atoms with E-state index in [0.717, 1.165) is 0 Å². The molecule has 0 amide bonds. The summed E-state index contributed by atoms with van der Waals surface area (Å²) in [6, 6.07) is 0.997. The lowest BCUT2D eigenvalue weighted by molar-refractivity contribution is 0.470. The molecule has 2 nitrogen and oxygen atoms in total. The molecule has 0 N–H and O–H groups in total. The van der Waals surface area contributed by atoms with Crippen molar-refractivity contribution < 1.29 is 0 Å². The average Bonchev–Trinajstić information content (AvgIpc) is 3.40. The lowest BCUT2D eigenvalue weighted by Gasteiger charge is -2.25. The quantitative estimate of drug-likeness (QED) is 0.0751. The molecule has 0 aromatic rings. The fourth-order valence-corrected chi connectivity index (χ4v) is 6.39. The van der Waals surface area contributed by atoms with E-state index in [1.54, 1.807) is 0 Å². The van der Waals surface area contributed by atoms with Crippen molar-refractivity contribution in [3.63, 3.8) is 0 Å². The van der Waals surface area contributed by atoms with Gasteiger partial charge in [-0.3, -0.25) is 0 Å². The van der Waals surface area contributed by atoms with Crippen LogP contribution in [0.5, 0.6) is 0 Å². The SMILES string of the molecule is CCCCCCCCCCCCCCCCCC1N=C[N-]C1CCCCCCCCCCCCCCCCC. The molecule has 232 valence electrons. The van der Waals surface area contributed by atoms with Gasteiger partial charge in [-0.2, -0.15) is 0 Å². The zero-order valence-electron chi connectivity index (χ0n) is 27.3. The molecule has 0 radical (unpaired) electrons. The van der Waals surface area contributed by atoms with Crippen LogP contribution < -0.4 is 0 Å². The molecule has 2 unspecified atom stereocenters. The number of hydrogen-bond acceptors (Lipinski definition) is 1. The molecule has 2 heteroatoms. The summed E-state index contributed by atoms with van der Waals surface area (Å²) in [6.07, 6.45) is 47.6. The zero-order valence-corrected chi connectivity index (χ0v) is 27.3. The largest absolute Gasteiger partial charge is 0.469 e. The maximum Gasteiger partial charge on any atom is -0.0371 e. The zero-order chi connectivity index (χ0) is 27.9. The van der Waals surface area contributed by atoms with Gasteiger partial charge in [-0.15, -0.1) is 6.34 Å². The van der Waals surface area contributed by atoms with Crippen LogP contribution in [0.1, 0.15) is 219 Å². The van der Waals surface area contributed by atoms with Crippen LogP contribution in [0, 0.1) is 0 Å². The van der Waals surface area contributed by atoms with E-state index in [0.29, 0.717) is 12.1 Å². The fraction of sp³-hybridized carbons (Fsp3) is 0.973. The van der Waals surface area contributed by atoms with E-state index in [4.69, 9.17) is 10.3 Å². The van der Waals surface area contributed by atoms with Crippen LogP contribution in [-0.2, 0) is 0 Å². The molecule has 1 aliphatic rings. The highest BCUT2D eigenvalue weighted by Crippen LogP contribution is 2.25. The molecule has 0 aliphatic carbocycles. The second-order valence-electron chi connectivity index (χ2n) is 13.0. The first-order chi connectivity index (χ1) is 19.4. The summed E-state index contributed by atoms with van der Waals surface area (Å²) in [5, 5.41) is 4.72. The molecule has 39 heavy (non-hydrogen) atoms. The molecule has 0 bridgehead atoms. The molecule has 0 aromatic carbocycles. The highest BCUT2D eigenvalue weighted by molar-refractivity contribution is 5.74. The van der Waals surface area contributed by atoms with Crippen LogP contribution in [0.4, 0.5) is 0 Å². The van der Waals surface area contributed by atoms with Crippen molar-refractivity contribution in [3.8, 4) is 0 Å². The Bertz CT molecular complexity index is 488. The average molecular weight is 546 g/mol. The molecule has 1 heterocycles. The number of hydrogen-bond donors (Lipinski definition) is 0. The minimum atomic E-state index is 0.499. The van der Waals surface area contributed by atoms with Crippen molar-refractivity contribution in [2.24, 2.45) is 4.99 Å². The van der Waals surface area contributed by atoms with Gasteiger partial charge in [0.2, 0.25) is 0 Å². The van der Waals surface area contributed by atoms with E-state index in [-0.39, 0.29) is 0 Å². The Morgan fingerprint density at radius 3 is 1.00 bits per heavy atom. The first kappa shape index (κ1) is 36.5. The predicted octanol–water partition coefficient (Wildman–Crippen LogP) is 13.7. The van der Waals surface area contributed by atoms with Crippen LogP contribution in [0.15, 0.2) is 4.99 Å². The Morgan fingerprint density at radius 1 is 0.385 bits per heavy atom. The second kappa shape index (κ2) is 30.4. The summed E-state index contributed by atoms with van der Waals surface area (Å²) in [6.45, 7) is 4.61. The van der Waals surface area contributed by atoms with Gasteiger partial charge in [-0.1, -0.05) is 219 Å². The highest BCUT2D eigenvalue weighted by atomic mass is 15.1. The van der Waals surface area contributed by atoms with Crippen LogP contribution in [0.25, 0.3) is 5.32 Å². The lowest BCUT2D eigenvalue weighted by atomic mass is 9.96. The van der Waals surface area contributed by atoms with Gasteiger partial charge in [0.1, 0.15) is 0 Å². The van der Waals surface area contributed by atoms with Crippen molar-refractivity contribution in [3.05, 3.63) is 5.32 Å². The van der Waals surface area contributed by atoms with E-state index in [1.807, 2.05) is 6.34 Å². The fourth-order valence-electron chi connectivity index (χ4n) is 6.39. The van der Waals surface area contributed by atoms with Crippen molar-refractivity contribution in [1.82, 2.24) is 0 Å². The van der Waals surface area contributed by atoms with E-state index in [9.17, 15) is 0 Å².